The number of alkyl halides is 5. The zero-order chi connectivity index (χ0) is 13.4. The molecule has 0 aliphatic heterocycles. The van der Waals surface area contributed by atoms with Gasteiger partial charge in [-0.15, -0.1) is 0 Å². The number of pyridine rings is 1. The van der Waals surface area contributed by atoms with Gasteiger partial charge in [-0.25, -0.2) is 18.6 Å². The summed E-state index contributed by atoms with van der Waals surface area (Å²) in [6.45, 7) is 0. The third-order valence-corrected chi connectivity index (χ3v) is 1.75. The minimum absolute atomic E-state index is 0.254. The average Bonchev–Trinajstić information content (AvgIpc) is 2.14. The van der Waals surface area contributed by atoms with Crippen molar-refractivity contribution in [2.75, 3.05) is 0 Å². The number of hydrogen-bond donors (Lipinski definition) is 1. The standard InChI is InChI=1S/C8H3F6NO2/c9-5(10)2-1-3(8(12,13)14)6(11)15-4(2)7(16)17/h1,5H,(H,16,17). The minimum atomic E-state index is -5.22. The normalized spacial score (nSPS) is 11.9. The maximum atomic E-state index is 12.8. The van der Waals surface area contributed by atoms with Gasteiger partial charge in [0.1, 0.15) is 5.56 Å². The van der Waals surface area contributed by atoms with Crippen molar-refractivity contribution in [3.63, 3.8) is 0 Å². The zero-order valence-corrected chi connectivity index (χ0v) is 7.73. The van der Waals surface area contributed by atoms with Crippen LogP contribution in [0.3, 0.4) is 0 Å². The summed E-state index contributed by atoms with van der Waals surface area (Å²) in [5.74, 6) is -4.19. The Morgan fingerprint density at radius 1 is 1.35 bits per heavy atom. The van der Waals surface area contributed by atoms with Crippen LogP contribution in [0.25, 0.3) is 0 Å². The molecular weight excluding hydrogens is 256 g/mol. The van der Waals surface area contributed by atoms with Gasteiger partial charge in [0.2, 0.25) is 5.95 Å². The second-order valence-corrected chi connectivity index (χ2v) is 2.87. The predicted octanol–water partition coefficient (Wildman–Crippen LogP) is 2.88. The lowest BCUT2D eigenvalue weighted by atomic mass is 10.1. The molecule has 94 valence electrons. The maximum absolute atomic E-state index is 12.8. The number of hydrogen-bond acceptors (Lipinski definition) is 2. The molecule has 3 nitrogen and oxygen atoms in total. The van der Waals surface area contributed by atoms with Gasteiger partial charge in [0.15, 0.2) is 5.69 Å². The second-order valence-electron chi connectivity index (χ2n) is 2.87. The number of nitrogens with zero attached hydrogens (tertiary/aromatic N) is 1. The van der Waals surface area contributed by atoms with E-state index < -0.39 is 41.3 Å². The number of aromatic nitrogens is 1. The van der Waals surface area contributed by atoms with E-state index in [1.165, 1.54) is 0 Å². The molecule has 1 heterocycles. The number of rotatable bonds is 2. The summed E-state index contributed by atoms with van der Waals surface area (Å²) in [4.78, 5) is 12.8. The average molecular weight is 259 g/mol. The van der Waals surface area contributed by atoms with E-state index in [4.69, 9.17) is 5.11 Å². The monoisotopic (exact) mass is 259 g/mol. The molecule has 0 spiro atoms. The van der Waals surface area contributed by atoms with Crippen LogP contribution in [0.15, 0.2) is 6.07 Å². The highest BCUT2D eigenvalue weighted by molar-refractivity contribution is 5.87. The molecule has 1 aromatic heterocycles. The molecule has 0 unspecified atom stereocenters. The fraction of sp³-hybridized carbons (Fsp3) is 0.250. The van der Waals surface area contributed by atoms with Gasteiger partial charge in [-0.05, 0) is 6.07 Å². The topological polar surface area (TPSA) is 50.2 Å². The van der Waals surface area contributed by atoms with Crippen molar-refractivity contribution in [3.8, 4) is 0 Å². The zero-order valence-electron chi connectivity index (χ0n) is 7.73. The molecule has 0 aliphatic rings. The van der Waals surface area contributed by atoms with Crippen molar-refractivity contribution in [2.24, 2.45) is 0 Å². The maximum Gasteiger partial charge on any atom is 0.420 e. The van der Waals surface area contributed by atoms with E-state index in [9.17, 15) is 31.1 Å². The first-order chi connectivity index (χ1) is 7.64. The quantitative estimate of drug-likeness (QED) is 0.656. The van der Waals surface area contributed by atoms with Crippen LogP contribution in [-0.2, 0) is 6.18 Å². The lowest BCUT2D eigenvalue weighted by Gasteiger charge is -2.11. The van der Waals surface area contributed by atoms with E-state index in [0.717, 1.165) is 0 Å². The van der Waals surface area contributed by atoms with Crippen molar-refractivity contribution in [1.82, 2.24) is 4.98 Å². The van der Waals surface area contributed by atoms with E-state index in [-0.39, 0.29) is 6.07 Å². The van der Waals surface area contributed by atoms with Crippen molar-refractivity contribution in [2.45, 2.75) is 12.6 Å². The first kappa shape index (κ1) is 13.3. The van der Waals surface area contributed by atoms with Crippen LogP contribution in [0.2, 0.25) is 0 Å². The molecule has 0 atom stereocenters. The molecule has 1 aromatic rings. The number of carboxylic acids is 1. The molecular formula is C8H3F6NO2. The van der Waals surface area contributed by atoms with Gasteiger partial charge in [0, 0.05) is 0 Å². The Kier molecular flexibility index (Phi) is 3.30. The second kappa shape index (κ2) is 4.22. The van der Waals surface area contributed by atoms with E-state index in [1.807, 2.05) is 0 Å². The molecule has 17 heavy (non-hydrogen) atoms. The number of carboxylic acid groups (broad SMARTS) is 1. The van der Waals surface area contributed by atoms with Crippen molar-refractivity contribution < 1.29 is 36.2 Å². The molecule has 0 saturated carbocycles. The van der Waals surface area contributed by atoms with Gasteiger partial charge in [0.25, 0.3) is 6.43 Å². The van der Waals surface area contributed by atoms with Crippen molar-refractivity contribution in [1.29, 1.82) is 0 Å². The van der Waals surface area contributed by atoms with Gasteiger partial charge in [-0.1, -0.05) is 0 Å². The molecule has 0 fully saturated rings. The van der Waals surface area contributed by atoms with Crippen LogP contribution in [-0.4, -0.2) is 16.1 Å². The fourth-order valence-electron chi connectivity index (χ4n) is 1.04. The molecule has 0 aliphatic carbocycles. The third kappa shape index (κ3) is 2.66. The summed E-state index contributed by atoms with van der Waals surface area (Å²) in [5, 5.41) is 8.39. The summed E-state index contributed by atoms with van der Waals surface area (Å²) in [7, 11) is 0. The highest BCUT2D eigenvalue weighted by atomic mass is 19.4. The van der Waals surface area contributed by atoms with Gasteiger partial charge >= 0.3 is 12.1 Å². The van der Waals surface area contributed by atoms with Gasteiger partial charge in [0.05, 0.1) is 5.56 Å². The molecule has 0 aromatic carbocycles. The SMILES string of the molecule is O=C(O)c1nc(F)c(C(F)(F)F)cc1C(F)F. The van der Waals surface area contributed by atoms with E-state index in [2.05, 4.69) is 4.98 Å². The number of carbonyl (C=O) groups is 1. The van der Waals surface area contributed by atoms with Crippen LogP contribution >= 0.6 is 0 Å². The lowest BCUT2D eigenvalue weighted by molar-refractivity contribution is -0.140. The largest absolute Gasteiger partial charge is 0.476 e. The highest BCUT2D eigenvalue weighted by Crippen LogP contribution is 2.34. The Bertz CT molecular complexity index is 456. The summed E-state index contributed by atoms with van der Waals surface area (Å²) >= 11 is 0. The Hall–Kier alpha value is -1.80. The van der Waals surface area contributed by atoms with Gasteiger partial charge in [-0.3, -0.25) is 0 Å². The summed E-state index contributed by atoms with van der Waals surface area (Å²) < 4.78 is 73.9. The Labute approximate surface area is 89.7 Å². The van der Waals surface area contributed by atoms with Crippen LogP contribution < -0.4 is 0 Å². The Morgan fingerprint density at radius 2 is 1.88 bits per heavy atom. The molecule has 1 N–H and O–H groups in total. The smallest absolute Gasteiger partial charge is 0.420 e. The van der Waals surface area contributed by atoms with Crippen LogP contribution in [0, 0.1) is 5.95 Å². The Morgan fingerprint density at radius 3 is 2.24 bits per heavy atom. The van der Waals surface area contributed by atoms with E-state index in [1.54, 1.807) is 0 Å². The summed E-state index contributed by atoms with van der Waals surface area (Å²) in [6.07, 6.45) is -8.73. The number of aromatic carboxylic acids is 1. The third-order valence-electron chi connectivity index (χ3n) is 1.75. The molecule has 9 heteroatoms. The minimum Gasteiger partial charge on any atom is -0.476 e. The molecule has 0 radical (unpaired) electrons. The molecule has 0 saturated heterocycles. The number of halogens is 6. The molecule has 0 bridgehead atoms. The van der Waals surface area contributed by atoms with Crippen LogP contribution in [0.1, 0.15) is 28.0 Å². The van der Waals surface area contributed by atoms with Gasteiger partial charge in [-0.2, -0.15) is 17.6 Å². The van der Waals surface area contributed by atoms with Gasteiger partial charge < -0.3 is 5.11 Å². The Balaban J connectivity index is 3.51. The van der Waals surface area contributed by atoms with E-state index >= 15 is 0 Å². The van der Waals surface area contributed by atoms with Crippen LogP contribution in [0.5, 0.6) is 0 Å². The van der Waals surface area contributed by atoms with Crippen molar-refractivity contribution >= 4 is 5.97 Å². The first-order valence-electron chi connectivity index (χ1n) is 3.93. The lowest BCUT2D eigenvalue weighted by Crippen LogP contribution is -2.15. The molecule has 1 rings (SSSR count). The summed E-state index contributed by atoms with van der Waals surface area (Å²) in [6, 6.07) is -0.254. The predicted molar refractivity (Wildman–Crippen MR) is 41.1 cm³/mol. The summed E-state index contributed by atoms with van der Waals surface area (Å²) in [5.41, 5.74) is -4.95. The molecule has 0 amide bonds. The highest BCUT2D eigenvalue weighted by Gasteiger charge is 2.37. The first-order valence-corrected chi connectivity index (χ1v) is 3.93. The van der Waals surface area contributed by atoms with Crippen molar-refractivity contribution in [3.05, 3.63) is 28.8 Å². The van der Waals surface area contributed by atoms with E-state index in [0.29, 0.717) is 0 Å². The van der Waals surface area contributed by atoms with Crippen LogP contribution in [0.4, 0.5) is 26.3 Å². The fourth-order valence-corrected chi connectivity index (χ4v) is 1.04.